The van der Waals surface area contributed by atoms with Crippen molar-refractivity contribution >= 4 is 40.3 Å². The molecule has 214 valence electrons. The second-order valence-electron chi connectivity index (χ2n) is 11.0. The van der Waals surface area contributed by atoms with Gasteiger partial charge in [-0.2, -0.15) is 5.10 Å². The number of nitrogens with one attached hydrogen (secondary N) is 2. The Morgan fingerprint density at radius 2 is 1.95 bits per heavy atom. The van der Waals surface area contributed by atoms with E-state index in [4.69, 9.17) is 21.1 Å². The summed E-state index contributed by atoms with van der Waals surface area (Å²) >= 11 is 6.49. The number of pyridine rings is 1. The summed E-state index contributed by atoms with van der Waals surface area (Å²) in [5.74, 6) is -0.439. The highest BCUT2D eigenvalue weighted by atomic mass is 35.5. The molecule has 3 aromatic rings. The van der Waals surface area contributed by atoms with E-state index in [0.717, 1.165) is 23.9 Å². The molecule has 2 aromatic heterocycles. The fraction of sp³-hybridized carbons (Fsp3) is 0.517. The van der Waals surface area contributed by atoms with E-state index in [0.29, 0.717) is 66.4 Å². The van der Waals surface area contributed by atoms with E-state index in [2.05, 4.69) is 20.7 Å². The van der Waals surface area contributed by atoms with E-state index in [1.54, 1.807) is 10.7 Å². The van der Waals surface area contributed by atoms with Crippen molar-refractivity contribution in [3.05, 3.63) is 40.9 Å². The lowest BCUT2D eigenvalue weighted by Gasteiger charge is -2.30. The van der Waals surface area contributed by atoms with Crippen LogP contribution in [0.3, 0.4) is 0 Å². The molecule has 40 heavy (non-hydrogen) atoms. The number of hydrogen-bond acceptors (Lipinski definition) is 6. The van der Waals surface area contributed by atoms with Gasteiger partial charge in [-0.3, -0.25) is 9.48 Å². The van der Waals surface area contributed by atoms with Crippen molar-refractivity contribution < 1.29 is 23.5 Å². The molecule has 9 nitrogen and oxygen atoms in total. The summed E-state index contributed by atoms with van der Waals surface area (Å²) in [6.45, 7) is 5.26. The van der Waals surface area contributed by atoms with Crippen LogP contribution in [0.5, 0.6) is 0 Å². The van der Waals surface area contributed by atoms with Gasteiger partial charge in [-0.05, 0) is 48.9 Å². The highest BCUT2D eigenvalue weighted by Gasteiger charge is 2.30. The summed E-state index contributed by atoms with van der Waals surface area (Å²) in [5.41, 5.74) is 2.37. The number of carbonyl (C=O) groups excluding carboxylic acids is 2. The Morgan fingerprint density at radius 1 is 1.18 bits per heavy atom. The highest BCUT2D eigenvalue weighted by molar-refractivity contribution is 6.33. The number of rotatable bonds is 6. The van der Waals surface area contributed by atoms with Crippen molar-refractivity contribution in [2.75, 3.05) is 18.5 Å². The van der Waals surface area contributed by atoms with Gasteiger partial charge in [0.05, 0.1) is 18.2 Å². The van der Waals surface area contributed by atoms with Crippen molar-refractivity contribution in [1.29, 1.82) is 0 Å². The fourth-order valence-corrected chi connectivity index (χ4v) is 5.99. The molecule has 1 aromatic carbocycles. The summed E-state index contributed by atoms with van der Waals surface area (Å²) in [6.07, 6.45) is 5.08. The van der Waals surface area contributed by atoms with Crippen LogP contribution in [0.25, 0.3) is 22.0 Å². The van der Waals surface area contributed by atoms with Crippen LogP contribution in [-0.2, 0) is 21.3 Å². The number of nitrogens with zero attached hydrogens (tertiary/aromatic N) is 3. The summed E-state index contributed by atoms with van der Waals surface area (Å²) in [5, 5.41) is 11.2. The van der Waals surface area contributed by atoms with E-state index in [1.165, 1.54) is 12.3 Å². The van der Waals surface area contributed by atoms with Gasteiger partial charge in [-0.25, -0.2) is 14.2 Å². The van der Waals surface area contributed by atoms with Gasteiger partial charge in [0.1, 0.15) is 17.4 Å². The average Bonchev–Trinajstić information content (AvgIpc) is 3.27. The Hall–Kier alpha value is -3.24. The number of carbonyl (C=O) groups is 2. The van der Waals surface area contributed by atoms with E-state index in [1.807, 2.05) is 27.0 Å². The maximum absolute atomic E-state index is 15.1. The van der Waals surface area contributed by atoms with Crippen LogP contribution < -0.4 is 10.6 Å². The highest BCUT2D eigenvalue weighted by Crippen LogP contribution is 2.35. The molecule has 1 aliphatic heterocycles. The topological polar surface area (TPSA) is 107 Å². The Bertz CT molecular complexity index is 1400. The maximum Gasteiger partial charge on any atom is 0.407 e. The predicted molar refractivity (Wildman–Crippen MR) is 151 cm³/mol. The summed E-state index contributed by atoms with van der Waals surface area (Å²) < 4.78 is 27.6. The molecule has 0 bridgehead atoms. The first kappa shape index (κ1) is 28.3. The zero-order chi connectivity index (χ0) is 28.4. The number of aryl methyl sites for hydroxylation is 1. The van der Waals surface area contributed by atoms with Crippen molar-refractivity contribution in [1.82, 2.24) is 20.1 Å². The first-order chi connectivity index (χ1) is 19.2. The molecule has 2 amide bonds. The predicted octanol–water partition coefficient (Wildman–Crippen LogP) is 5.95. The monoisotopic (exact) mass is 571 g/mol. The van der Waals surface area contributed by atoms with Crippen LogP contribution in [0, 0.1) is 11.7 Å². The van der Waals surface area contributed by atoms with E-state index >= 15 is 4.39 Å². The van der Waals surface area contributed by atoms with Crippen molar-refractivity contribution in [3.63, 3.8) is 0 Å². The molecule has 2 aliphatic rings. The minimum atomic E-state index is -0.444. The molecule has 2 N–H and O–H groups in total. The SMILES string of the molecule is CC(C)c1c2cc(-c3cc(NC(=O)[C@H]4CCC[C@@H](NC(=O)OC5CCOCC5)C4)ncc3Cl)cc(F)c2nn1C. The lowest BCUT2D eigenvalue weighted by Crippen LogP contribution is -2.42. The standard InChI is InChI=1S/C29H35ClFN5O4/c1-16(2)27-22-12-18(13-24(31)26(22)35-36(27)3)21-14-25(32-15-23(21)30)34-28(37)17-5-4-6-19(11-17)33-29(38)40-20-7-9-39-10-8-20/h12-17,19-20H,4-11H2,1-3H3,(H,33,38)(H,32,34,37)/t17-,19+/m0/s1. The van der Waals surface area contributed by atoms with Crippen LogP contribution in [0.1, 0.15) is 64.0 Å². The van der Waals surface area contributed by atoms with Crippen LogP contribution >= 0.6 is 11.6 Å². The lowest BCUT2D eigenvalue weighted by atomic mass is 9.85. The number of fused-ring (bicyclic) bond motifs is 1. The molecule has 0 spiro atoms. The van der Waals surface area contributed by atoms with Crippen molar-refractivity contribution in [2.24, 2.45) is 13.0 Å². The molecular weight excluding hydrogens is 537 g/mol. The minimum Gasteiger partial charge on any atom is -0.446 e. The molecule has 1 saturated carbocycles. The number of amides is 2. The smallest absolute Gasteiger partial charge is 0.407 e. The van der Waals surface area contributed by atoms with Crippen LogP contribution in [0.2, 0.25) is 5.02 Å². The summed E-state index contributed by atoms with van der Waals surface area (Å²) in [6, 6.07) is 4.80. The number of anilines is 1. The second kappa shape index (κ2) is 12.1. The second-order valence-corrected chi connectivity index (χ2v) is 11.4. The third-order valence-corrected chi connectivity index (χ3v) is 8.01. The van der Waals surface area contributed by atoms with Crippen LogP contribution in [-0.4, -0.2) is 52.1 Å². The van der Waals surface area contributed by atoms with Gasteiger partial charge >= 0.3 is 6.09 Å². The van der Waals surface area contributed by atoms with Gasteiger partial charge in [0.25, 0.3) is 0 Å². The molecular formula is C29H35ClFN5O4. The van der Waals surface area contributed by atoms with Crippen LogP contribution in [0.4, 0.5) is 15.0 Å². The van der Waals surface area contributed by atoms with E-state index in [9.17, 15) is 9.59 Å². The molecule has 11 heteroatoms. The largest absolute Gasteiger partial charge is 0.446 e. The maximum atomic E-state index is 15.1. The average molecular weight is 572 g/mol. The zero-order valence-electron chi connectivity index (χ0n) is 23.0. The fourth-order valence-electron chi connectivity index (χ4n) is 5.78. The number of ether oxygens (including phenoxy) is 2. The lowest BCUT2D eigenvalue weighted by molar-refractivity contribution is -0.121. The van der Waals surface area contributed by atoms with Gasteiger partial charge in [0.2, 0.25) is 5.91 Å². The molecule has 0 radical (unpaired) electrons. The van der Waals surface area contributed by atoms with Gasteiger partial charge in [0.15, 0.2) is 5.82 Å². The summed E-state index contributed by atoms with van der Waals surface area (Å²) in [4.78, 5) is 29.9. The molecule has 3 heterocycles. The molecule has 1 aliphatic carbocycles. The Balaban J connectivity index is 1.28. The first-order valence-electron chi connectivity index (χ1n) is 13.9. The number of halogens is 2. The van der Waals surface area contributed by atoms with Crippen molar-refractivity contribution in [3.8, 4) is 11.1 Å². The van der Waals surface area contributed by atoms with E-state index in [-0.39, 0.29) is 29.9 Å². The Labute approximate surface area is 237 Å². The van der Waals surface area contributed by atoms with Gasteiger partial charge < -0.3 is 20.1 Å². The molecule has 2 fully saturated rings. The third-order valence-electron chi connectivity index (χ3n) is 7.71. The quantitative estimate of drug-likeness (QED) is 0.378. The van der Waals surface area contributed by atoms with Gasteiger partial charge in [-0.15, -0.1) is 0 Å². The molecule has 1 saturated heterocycles. The Kier molecular flexibility index (Phi) is 8.56. The third kappa shape index (κ3) is 6.23. The molecule has 5 rings (SSSR count). The minimum absolute atomic E-state index is 0.133. The van der Waals surface area contributed by atoms with E-state index < -0.39 is 11.9 Å². The number of benzene rings is 1. The first-order valence-corrected chi connectivity index (χ1v) is 14.2. The molecule has 2 atom stereocenters. The summed E-state index contributed by atoms with van der Waals surface area (Å²) in [7, 11) is 1.81. The van der Waals surface area contributed by atoms with Crippen LogP contribution in [0.15, 0.2) is 24.4 Å². The molecule has 0 unspecified atom stereocenters. The number of alkyl carbamates (subject to hydrolysis) is 1. The zero-order valence-corrected chi connectivity index (χ0v) is 23.8. The van der Waals surface area contributed by atoms with Gasteiger partial charge in [0, 0.05) is 54.7 Å². The van der Waals surface area contributed by atoms with Gasteiger partial charge in [-0.1, -0.05) is 31.9 Å². The number of hydrogen-bond donors (Lipinski definition) is 2. The normalized spacial score (nSPS) is 20.1. The van der Waals surface area contributed by atoms with Crippen molar-refractivity contribution in [2.45, 2.75) is 70.4 Å². The Morgan fingerprint density at radius 3 is 2.70 bits per heavy atom. The number of aromatic nitrogens is 3.